The lowest BCUT2D eigenvalue weighted by atomic mass is 10.1. The Bertz CT molecular complexity index is 768. The number of nitriles is 1. The second-order valence-corrected chi connectivity index (χ2v) is 6.82. The van der Waals surface area contributed by atoms with E-state index in [0.29, 0.717) is 22.5 Å². The third-order valence-corrected chi connectivity index (χ3v) is 4.20. The van der Waals surface area contributed by atoms with Gasteiger partial charge in [-0.05, 0) is 19.3 Å². The summed E-state index contributed by atoms with van der Waals surface area (Å²) in [4.78, 5) is 22.0. The van der Waals surface area contributed by atoms with Crippen LogP contribution >= 0.6 is 11.3 Å². The number of aryl methyl sites for hydroxylation is 1. The lowest BCUT2D eigenvalue weighted by Gasteiger charge is -2.11. The molecule has 2 rings (SSSR count). The summed E-state index contributed by atoms with van der Waals surface area (Å²) in [5.74, 6) is -0.328. The number of carbonyl (C=O) groups is 1. The van der Waals surface area contributed by atoms with E-state index in [-0.39, 0.29) is 17.3 Å². The van der Waals surface area contributed by atoms with E-state index in [1.165, 1.54) is 23.6 Å². The van der Waals surface area contributed by atoms with E-state index in [0.717, 1.165) is 17.5 Å². The molecule has 0 aliphatic carbocycles. The van der Waals surface area contributed by atoms with Gasteiger partial charge in [-0.2, -0.15) is 5.26 Å². The second kappa shape index (κ2) is 7.84. The van der Waals surface area contributed by atoms with Crippen LogP contribution in [0.3, 0.4) is 0 Å². The van der Waals surface area contributed by atoms with Crippen molar-refractivity contribution in [3.05, 3.63) is 34.8 Å². The quantitative estimate of drug-likeness (QED) is 0.640. The molecule has 2 heterocycles. The Balaban J connectivity index is 2.20. The Morgan fingerprint density at radius 1 is 1.50 bits per heavy atom. The molecule has 8 heteroatoms. The van der Waals surface area contributed by atoms with Crippen LogP contribution in [0.5, 0.6) is 0 Å². The maximum absolute atomic E-state index is 13.3. The van der Waals surface area contributed by atoms with E-state index in [4.69, 9.17) is 0 Å². The van der Waals surface area contributed by atoms with E-state index >= 15 is 0 Å². The van der Waals surface area contributed by atoms with Crippen molar-refractivity contribution in [3.63, 3.8) is 0 Å². The standard InChI is InChI=1S/C16H18FN5OS/c1-10(2)4-5-20-15(23)14-11(3)24-16(21-14)22(9-18)13-6-12(17)7-19-8-13/h6-8,10H,4-5H2,1-3H3,(H,20,23). The summed E-state index contributed by atoms with van der Waals surface area (Å²) in [6.45, 7) is 6.49. The fraction of sp³-hybridized carbons (Fsp3) is 0.375. The van der Waals surface area contributed by atoms with Gasteiger partial charge in [0.15, 0.2) is 6.19 Å². The number of rotatable bonds is 6. The number of hydrogen-bond donors (Lipinski definition) is 1. The van der Waals surface area contributed by atoms with Crippen molar-refractivity contribution in [2.45, 2.75) is 27.2 Å². The smallest absolute Gasteiger partial charge is 0.271 e. The van der Waals surface area contributed by atoms with Crippen molar-refractivity contribution in [1.82, 2.24) is 15.3 Å². The number of pyridine rings is 1. The van der Waals surface area contributed by atoms with Crippen LogP contribution in [0.4, 0.5) is 15.2 Å². The molecule has 0 bridgehead atoms. The normalized spacial score (nSPS) is 10.5. The van der Waals surface area contributed by atoms with Gasteiger partial charge in [0, 0.05) is 17.5 Å². The average molecular weight is 347 g/mol. The molecule has 0 atom stereocenters. The largest absolute Gasteiger partial charge is 0.351 e. The SMILES string of the molecule is Cc1sc(N(C#N)c2cncc(F)c2)nc1C(=O)NCCC(C)C. The zero-order valence-corrected chi connectivity index (χ0v) is 14.5. The highest BCUT2D eigenvalue weighted by atomic mass is 32.1. The van der Waals surface area contributed by atoms with Crippen LogP contribution in [0.2, 0.25) is 0 Å². The highest BCUT2D eigenvalue weighted by Gasteiger charge is 2.20. The molecule has 6 nitrogen and oxygen atoms in total. The van der Waals surface area contributed by atoms with Crippen LogP contribution in [0.1, 0.15) is 35.6 Å². The Morgan fingerprint density at radius 3 is 2.88 bits per heavy atom. The molecular formula is C16H18FN5OS. The van der Waals surface area contributed by atoms with Crippen molar-refractivity contribution in [1.29, 1.82) is 5.26 Å². The van der Waals surface area contributed by atoms with Crippen molar-refractivity contribution in [2.24, 2.45) is 5.92 Å². The molecule has 0 saturated heterocycles. The summed E-state index contributed by atoms with van der Waals surface area (Å²) in [7, 11) is 0. The van der Waals surface area contributed by atoms with Gasteiger partial charge in [0.05, 0.1) is 18.1 Å². The van der Waals surface area contributed by atoms with Gasteiger partial charge in [0.25, 0.3) is 5.91 Å². The van der Waals surface area contributed by atoms with Crippen molar-refractivity contribution < 1.29 is 9.18 Å². The summed E-state index contributed by atoms with van der Waals surface area (Å²) in [5, 5.41) is 12.5. The number of thiazole rings is 1. The molecule has 126 valence electrons. The molecule has 0 aliphatic heterocycles. The highest BCUT2D eigenvalue weighted by Crippen LogP contribution is 2.30. The predicted molar refractivity (Wildman–Crippen MR) is 90.6 cm³/mol. The molecule has 1 amide bonds. The molecule has 0 fully saturated rings. The molecule has 2 aromatic heterocycles. The molecule has 0 radical (unpaired) electrons. The predicted octanol–water partition coefficient (Wildman–Crippen LogP) is 3.38. The summed E-state index contributed by atoms with van der Waals surface area (Å²) in [6, 6.07) is 1.19. The van der Waals surface area contributed by atoms with E-state index in [2.05, 4.69) is 29.1 Å². The minimum Gasteiger partial charge on any atom is -0.351 e. The number of carbonyl (C=O) groups excluding carboxylic acids is 1. The Hall–Kier alpha value is -2.53. The zero-order chi connectivity index (χ0) is 17.7. The van der Waals surface area contributed by atoms with Gasteiger partial charge < -0.3 is 5.32 Å². The number of hydrogen-bond acceptors (Lipinski definition) is 6. The Kier molecular flexibility index (Phi) is 5.82. The molecule has 0 spiro atoms. The molecule has 0 aliphatic rings. The maximum atomic E-state index is 13.3. The summed E-state index contributed by atoms with van der Waals surface area (Å²) in [5.41, 5.74) is 0.543. The first kappa shape index (κ1) is 17.8. The molecule has 0 aromatic carbocycles. The second-order valence-electron chi connectivity index (χ2n) is 5.64. The minimum atomic E-state index is -0.548. The molecule has 0 saturated carbocycles. The highest BCUT2D eigenvalue weighted by molar-refractivity contribution is 7.16. The Labute approximate surface area is 144 Å². The first-order chi connectivity index (χ1) is 11.4. The monoisotopic (exact) mass is 347 g/mol. The maximum Gasteiger partial charge on any atom is 0.271 e. The number of aromatic nitrogens is 2. The number of amides is 1. The lowest BCUT2D eigenvalue weighted by molar-refractivity contribution is 0.0947. The number of nitrogens with one attached hydrogen (secondary N) is 1. The van der Waals surface area contributed by atoms with Gasteiger partial charge >= 0.3 is 0 Å². The van der Waals surface area contributed by atoms with Crippen LogP contribution in [0.15, 0.2) is 18.5 Å². The van der Waals surface area contributed by atoms with Crippen LogP contribution in [0, 0.1) is 30.1 Å². The fourth-order valence-corrected chi connectivity index (χ4v) is 2.86. The minimum absolute atomic E-state index is 0.262. The zero-order valence-electron chi connectivity index (χ0n) is 13.7. The Morgan fingerprint density at radius 2 is 2.25 bits per heavy atom. The molecule has 1 N–H and O–H groups in total. The topological polar surface area (TPSA) is 81.9 Å². The summed E-state index contributed by atoms with van der Waals surface area (Å²) >= 11 is 1.20. The summed E-state index contributed by atoms with van der Waals surface area (Å²) < 4.78 is 13.3. The third kappa shape index (κ3) is 4.26. The first-order valence-corrected chi connectivity index (χ1v) is 8.30. The first-order valence-electron chi connectivity index (χ1n) is 7.48. The van der Waals surface area contributed by atoms with Crippen LogP contribution in [0.25, 0.3) is 0 Å². The van der Waals surface area contributed by atoms with Gasteiger partial charge in [-0.1, -0.05) is 13.8 Å². The third-order valence-electron chi connectivity index (χ3n) is 3.25. The summed E-state index contributed by atoms with van der Waals surface area (Å²) in [6.07, 6.45) is 5.24. The van der Waals surface area contributed by atoms with E-state index in [9.17, 15) is 14.4 Å². The van der Waals surface area contributed by atoms with Gasteiger partial charge in [0.2, 0.25) is 5.13 Å². The molecule has 24 heavy (non-hydrogen) atoms. The van der Waals surface area contributed by atoms with Gasteiger partial charge in [-0.25, -0.2) is 14.3 Å². The number of nitrogens with zero attached hydrogens (tertiary/aromatic N) is 4. The van der Waals surface area contributed by atoms with Gasteiger partial charge in [-0.15, -0.1) is 11.3 Å². The molecular weight excluding hydrogens is 329 g/mol. The molecule has 0 unspecified atom stereocenters. The van der Waals surface area contributed by atoms with Crippen molar-refractivity contribution in [3.8, 4) is 6.19 Å². The van der Waals surface area contributed by atoms with Crippen molar-refractivity contribution >= 4 is 28.1 Å². The van der Waals surface area contributed by atoms with Crippen LogP contribution in [-0.2, 0) is 0 Å². The van der Waals surface area contributed by atoms with Crippen LogP contribution in [-0.4, -0.2) is 22.4 Å². The number of halogens is 1. The van der Waals surface area contributed by atoms with Gasteiger partial charge in [0.1, 0.15) is 11.5 Å². The lowest BCUT2D eigenvalue weighted by Crippen LogP contribution is -2.26. The van der Waals surface area contributed by atoms with E-state index in [1.54, 1.807) is 6.92 Å². The van der Waals surface area contributed by atoms with E-state index < -0.39 is 5.82 Å². The van der Waals surface area contributed by atoms with E-state index in [1.807, 2.05) is 6.19 Å². The van der Waals surface area contributed by atoms with Gasteiger partial charge in [-0.3, -0.25) is 9.78 Å². The average Bonchev–Trinajstić information content (AvgIpc) is 2.89. The fourth-order valence-electron chi connectivity index (χ4n) is 1.98. The van der Waals surface area contributed by atoms with Crippen LogP contribution < -0.4 is 10.2 Å². The number of anilines is 2. The van der Waals surface area contributed by atoms with Crippen molar-refractivity contribution in [2.75, 3.05) is 11.4 Å². The molecule has 2 aromatic rings.